The van der Waals surface area contributed by atoms with E-state index in [-0.39, 0.29) is 0 Å². The molecule has 0 fully saturated rings. The van der Waals surface area contributed by atoms with E-state index in [1.165, 1.54) is 0 Å². The van der Waals surface area contributed by atoms with Crippen LogP contribution < -0.4 is 0 Å². The Morgan fingerprint density at radius 1 is 1.31 bits per heavy atom. The van der Waals surface area contributed by atoms with Gasteiger partial charge < -0.3 is 10.2 Å². The van der Waals surface area contributed by atoms with Crippen LogP contribution in [-0.2, 0) is 0 Å². The molecular formula is C10H12O3. The Morgan fingerprint density at radius 3 is 2.31 bits per heavy atom. The molecule has 70 valence electrons. The van der Waals surface area contributed by atoms with E-state index in [1.807, 2.05) is 0 Å². The van der Waals surface area contributed by atoms with Crippen LogP contribution in [0.5, 0.6) is 0 Å². The van der Waals surface area contributed by atoms with Gasteiger partial charge in [-0.3, -0.25) is 4.79 Å². The second kappa shape index (κ2) is 3.28. The Morgan fingerprint density at radius 2 is 1.85 bits per heavy atom. The fraction of sp³-hybridized carbons (Fsp3) is 0.300. The van der Waals surface area contributed by atoms with Crippen molar-refractivity contribution in [3.63, 3.8) is 0 Å². The summed E-state index contributed by atoms with van der Waals surface area (Å²) in [7, 11) is 0. The van der Waals surface area contributed by atoms with Crippen LogP contribution >= 0.6 is 0 Å². The Bertz CT molecular complexity index is 323. The predicted octanol–water partition coefficient (Wildman–Crippen LogP) is 0.879. The molecule has 0 aliphatic heterocycles. The van der Waals surface area contributed by atoms with Gasteiger partial charge in [0.05, 0.1) is 0 Å². The highest BCUT2D eigenvalue weighted by atomic mass is 16.5. The van der Waals surface area contributed by atoms with Crippen LogP contribution in [0, 0.1) is 6.92 Å². The molecule has 1 aromatic rings. The molecule has 1 aromatic carbocycles. The van der Waals surface area contributed by atoms with Gasteiger partial charge in [-0.1, -0.05) is 24.3 Å². The zero-order chi connectivity index (χ0) is 10.1. The van der Waals surface area contributed by atoms with E-state index in [9.17, 15) is 4.79 Å². The second-order valence-corrected chi connectivity index (χ2v) is 3.16. The molecule has 0 aliphatic rings. The van der Waals surface area contributed by atoms with E-state index in [0.29, 0.717) is 5.56 Å². The number of aryl methyl sites for hydroxylation is 1. The molecule has 0 aromatic heterocycles. The molecule has 3 nitrogen and oxygen atoms in total. The number of carbonyl (C=O) groups is 1. The Labute approximate surface area is 76.6 Å². The highest BCUT2D eigenvalue weighted by Crippen LogP contribution is 2.14. The largest absolute Gasteiger partial charge is 0.360 e. The van der Waals surface area contributed by atoms with Crippen LogP contribution in [0.4, 0.5) is 0 Å². The molecule has 2 N–H and O–H groups in total. The minimum Gasteiger partial charge on any atom is -0.360 e. The molecular weight excluding hydrogens is 168 g/mol. The Hall–Kier alpha value is -1.19. The van der Waals surface area contributed by atoms with Gasteiger partial charge in [-0.25, -0.2) is 0 Å². The van der Waals surface area contributed by atoms with Crippen molar-refractivity contribution in [2.75, 3.05) is 0 Å². The van der Waals surface area contributed by atoms with E-state index in [0.717, 1.165) is 12.5 Å². The van der Waals surface area contributed by atoms with Crippen molar-refractivity contribution in [2.24, 2.45) is 0 Å². The molecule has 0 amide bonds. The number of benzene rings is 1. The zero-order valence-electron chi connectivity index (χ0n) is 7.61. The first-order valence-electron chi connectivity index (χ1n) is 3.98. The monoisotopic (exact) mass is 180 g/mol. The lowest BCUT2D eigenvalue weighted by molar-refractivity contribution is -0.106. The summed E-state index contributed by atoms with van der Waals surface area (Å²) in [5, 5.41) is 18.1. The van der Waals surface area contributed by atoms with Gasteiger partial charge in [-0.2, -0.15) is 0 Å². The van der Waals surface area contributed by atoms with Gasteiger partial charge in [0.1, 0.15) is 0 Å². The molecule has 0 saturated carbocycles. The molecule has 0 saturated heterocycles. The highest BCUT2D eigenvalue weighted by molar-refractivity contribution is 6.01. The normalized spacial score (nSPS) is 11.4. The number of hydrogen-bond donors (Lipinski definition) is 2. The third kappa shape index (κ3) is 2.14. The van der Waals surface area contributed by atoms with Crippen molar-refractivity contribution < 1.29 is 15.0 Å². The lowest BCUT2D eigenvalue weighted by atomic mass is 10.0. The summed E-state index contributed by atoms with van der Waals surface area (Å²) in [6, 6.07) is 6.80. The molecule has 0 atom stereocenters. The zero-order valence-corrected chi connectivity index (χ0v) is 7.61. The number of carbonyl (C=O) groups excluding carboxylic acids is 1. The van der Waals surface area contributed by atoms with Crippen molar-refractivity contribution in [2.45, 2.75) is 19.6 Å². The molecule has 13 heavy (non-hydrogen) atoms. The van der Waals surface area contributed by atoms with E-state index in [1.54, 1.807) is 31.2 Å². The van der Waals surface area contributed by atoms with E-state index < -0.39 is 11.6 Å². The fourth-order valence-corrected chi connectivity index (χ4v) is 1.08. The maximum absolute atomic E-state index is 11.4. The molecule has 0 radical (unpaired) electrons. The summed E-state index contributed by atoms with van der Waals surface area (Å²) in [5.74, 6) is -2.96. The maximum atomic E-state index is 11.4. The number of hydrogen-bond acceptors (Lipinski definition) is 3. The summed E-state index contributed by atoms with van der Waals surface area (Å²) in [6.45, 7) is 2.81. The summed E-state index contributed by atoms with van der Waals surface area (Å²) in [5.41, 5.74) is 1.08. The topological polar surface area (TPSA) is 57.5 Å². The Balaban J connectivity index is 3.10. The maximum Gasteiger partial charge on any atom is 0.225 e. The average molecular weight is 180 g/mol. The summed E-state index contributed by atoms with van der Waals surface area (Å²) in [4.78, 5) is 11.4. The van der Waals surface area contributed by atoms with E-state index in [2.05, 4.69) is 0 Å². The van der Waals surface area contributed by atoms with Gasteiger partial charge in [-0.05, 0) is 19.4 Å². The van der Waals surface area contributed by atoms with Crippen molar-refractivity contribution >= 4 is 5.78 Å². The standard InChI is InChI=1S/C10H12O3/c1-7-5-3-4-6-8(7)9(11)10(2,12)13/h3-6,12-13H,1-2H3. The van der Waals surface area contributed by atoms with Gasteiger partial charge in [0.25, 0.3) is 0 Å². The van der Waals surface area contributed by atoms with Crippen LogP contribution in [0.15, 0.2) is 24.3 Å². The molecule has 0 spiro atoms. The summed E-state index contributed by atoms with van der Waals surface area (Å²) >= 11 is 0. The molecule has 1 rings (SSSR count). The third-order valence-corrected chi connectivity index (χ3v) is 1.82. The van der Waals surface area contributed by atoms with E-state index in [4.69, 9.17) is 10.2 Å². The average Bonchev–Trinajstić information content (AvgIpc) is 2.02. The lowest BCUT2D eigenvalue weighted by Gasteiger charge is -2.15. The minimum absolute atomic E-state index is 0.343. The lowest BCUT2D eigenvalue weighted by Crippen LogP contribution is -2.34. The number of aliphatic hydroxyl groups is 2. The SMILES string of the molecule is Cc1ccccc1C(=O)C(C)(O)O. The summed E-state index contributed by atoms with van der Waals surface area (Å²) in [6.07, 6.45) is 0. The van der Waals surface area contributed by atoms with Crippen LogP contribution in [0.25, 0.3) is 0 Å². The molecule has 3 heteroatoms. The van der Waals surface area contributed by atoms with Gasteiger partial charge in [0, 0.05) is 5.56 Å². The first kappa shape index (κ1) is 9.89. The smallest absolute Gasteiger partial charge is 0.225 e. The first-order chi connectivity index (χ1) is 5.93. The van der Waals surface area contributed by atoms with Crippen molar-refractivity contribution in [1.82, 2.24) is 0 Å². The summed E-state index contributed by atoms with van der Waals surface area (Å²) < 4.78 is 0. The van der Waals surface area contributed by atoms with Gasteiger partial charge in [0.15, 0.2) is 0 Å². The van der Waals surface area contributed by atoms with Gasteiger partial charge in [-0.15, -0.1) is 0 Å². The first-order valence-corrected chi connectivity index (χ1v) is 3.98. The number of ketones is 1. The molecule has 0 bridgehead atoms. The molecule has 0 aliphatic carbocycles. The van der Waals surface area contributed by atoms with Crippen LogP contribution in [-0.4, -0.2) is 21.8 Å². The quantitative estimate of drug-likeness (QED) is 0.524. The molecule has 0 heterocycles. The number of rotatable bonds is 2. The Kier molecular flexibility index (Phi) is 2.50. The highest BCUT2D eigenvalue weighted by Gasteiger charge is 2.28. The molecule has 0 unspecified atom stereocenters. The fourth-order valence-electron chi connectivity index (χ4n) is 1.08. The van der Waals surface area contributed by atoms with Crippen molar-refractivity contribution in [3.8, 4) is 0 Å². The number of Topliss-reactive ketones (excluding diaryl/α,β-unsaturated/α-hetero) is 1. The van der Waals surface area contributed by atoms with Crippen LogP contribution in [0.3, 0.4) is 0 Å². The van der Waals surface area contributed by atoms with Gasteiger partial charge >= 0.3 is 0 Å². The van der Waals surface area contributed by atoms with Crippen molar-refractivity contribution in [3.05, 3.63) is 35.4 Å². The second-order valence-electron chi connectivity index (χ2n) is 3.16. The van der Waals surface area contributed by atoms with Gasteiger partial charge in [0.2, 0.25) is 11.6 Å². The third-order valence-electron chi connectivity index (χ3n) is 1.82. The van der Waals surface area contributed by atoms with Crippen LogP contribution in [0.2, 0.25) is 0 Å². The van der Waals surface area contributed by atoms with E-state index >= 15 is 0 Å². The minimum atomic E-state index is -2.29. The van der Waals surface area contributed by atoms with Crippen LogP contribution in [0.1, 0.15) is 22.8 Å². The van der Waals surface area contributed by atoms with Crippen molar-refractivity contribution in [1.29, 1.82) is 0 Å². The predicted molar refractivity (Wildman–Crippen MR) is 48.4 cm³/mol.